The maximum absolute atomic E-state index is 13.1. The zero-order valence-electron chi connectivity index (χ0n) is 11.6. The van der Waals surface area contributed by atoms with E-state index in [0.717, 1.165) is 4.90 Å². The molecule has 0 fully saturated rings. The summed E-state index contributed by atoms with van der Waals surface area (Å²) in [6, 6.07) is 5.73. The van der Waals surface area contributed by atoms with Crippen LogP contribution in [0.5, 0.6) is 0 Å². The van der Waals surface area contributed by atoms with Crippen molar-refractivity contribution in [1.29, 1.82) is 0 Å². The molecule has 1 amide bonds. The first kappa shape index (κ1) is 14.7. The van der Waals surface area contributed by atoms with Crippen LogP contribution in [-0.2, 0) is 4.79 Å². The zero-order valence-corrected chi connectivity index (χ0v) is 11.6. The van der Waals surface area contributed by atoms with Crippen LogP contribution in [0, 0.1) is 12.7 Å². The Labute approximate surface area is 120 Å². The number of benzene rings is 1. The molecule has 0 atom stereocenters. The van der Waals surface area contributed by atoms with Gasteiger partial charge in [-0.1, -0.05) is 0 Å². The predicted molar refractivity (Wildman–Crippen MR) is 72.9 cm³/mol. The number of carboxylic acids is 1. The van der Waals surface area contributed by atoms with Gasteiger partial charge in [0.15, 0.2) is 5.69 Å². The summed E-state index contributed by atoms with van der Waals surface area (Å²) in [5, 5.41) is 12.8. The molecule has 0 unspecified atom stereocenters. The SMILES string of the molecule is Cc1cc(F)ccc1-n1ccc(C(=O)N(C)CC(=O)O)n1. The number of halogens is 1. The van der Waals surface area contributed by atoms with Gasteiger partial charge in [0.2, 0.25) is 0 Å². The van der Waals surface area contributed by atoms with Gasteiger partial charge in [0.25, 0.3) is 5.91 Å². The van der Waals surface area contributed by atoms with Gasteiger partial charge in [-0.2, -0.15) is 5.10 Å². The number of rotatable bonds is 4. The molecule has 0 bridgehead atoms. The van der Waals surface area contributed by atoms with Crippen LogP contribution >= 0.6 is 0 Å². The Bertz CT molecular complexity index is 697. The van der Waals surface area contributed by atoms with Gasteiger partial charge in [-0.05, 0) is 36.8 Å². The lowest BCUT2D eigenvalue weighted by atomic mass is 10.2. The number of likely N-dealkylation sites (N-methyl/N-ethyl adjacent to an activating group) is 1. The van der Waals surface area contributed by atoms with Crippen LogP contribution in [0.2, 0.25) is 0 Å². The maximum atomic E-state index is 13.1. The maximum Gasteiger partial charge on any atom is 0.323 e. The van der Waals surface area contributed by atoms with E-state index in [-0.39, 0.29) is 11.5 Å². The van der Waals surface area contributed by atoms with Crippen LogP contribution in [0.15, 0.2) is 30.5 Å². The lowest BCUT2D eigenvalue weighted by Gasteiger charge is -2.12. The molecule has 7 heteroatoms. The minimum absolute atomic E-state index is 0.127. The number of aryl methyl sites for hydroxylation is 1. The number of amides is 1. The Kier molecular flexibility index (Phi) is 4.02. The lowest BCUT2D eigenvalue weighted by Crippen LogP contribution is -2.32. The molecule has 1 aromatic heterocycles. The number of hydrogen-bond acceptors (Lipinski definition) is 3. The fourth-order valence-corrected chi connectivity index (χ4v) is 1.92. The number of carbonyl (C=O) groups excluding carboxylic acids is 1. The predicted octanol–water partition coefficient (Wildman–Crippen LogP) is 1.48. The van der Waals surface area contributed by atoms with E-state index in [9.17, 15) is 14.0 Å². The minimum Gasteiger partial charge on any atom is -0.480 e. The summed E-state index contributed by atoms with van der Waals surface area (Å²) < 4.78 is 14.5. The highest BCUT2D eigenvalue weighted by Gasteiger charge is 2.17. The fraction of sp³-hybridized carbons (Fsp3) is 0.214. The van der Waals surface area contributed by atoms with Crippen molar-refractivity contribution in [1.82, 2.24) is 14.7 Å². The van der Waals surface area contributed by atoms with Gasteiger partial charge in [0.1, 0.15) is 12.4 Å². The van der Waals surface area contributed by atoms with E-state index in [1.54, 1.807) is 19.2 Å². The first-order chi connectivity index (χ1) is 9.88. The van der Waals surface area contributed by atoms with E-state index in [1.165, 1.54) is 29.9 Å². The molecule has 110 valence electrons. The summed E-state index contributed by atoms with van der Waals surface area (Å²) >= 11 is 0. The normalized spacial score (nSPS) is 10.4. The Morgan fingerprint density at radius 1 is 1.38 bits per heavy atom. The summed E-state index contributed by atoms with van der Waals surface area (Å²) in [4.78, 5) is 23.6. The standard InChI is InChI=1S/C14H14FN3O3/c1-9-7-10(15)3-4-12(9)18-6-5-11(16-18)14(21)17(2)8-13(19)20/h3-7H,8H2,1-2H3,(H,19,20). The number of aliphatic carboxylic acids is 1. The molecule has 6 nitrogen and oxygen atoms in total. The van der Waals surface area contributed by atoms with Crippen molar-refractivity contribution in [3.05, 3.63) is 47.5 Å². The number of nitrogens with zero attached hydrogens (tertiary/aromatic N) is 3. The molecule has 0 saturated heterocycles. The molecule has 1 heterocycles. The molecule has 0 radical (unpaired) electrons. The van der Waals surface area contributed by atoms with Crippen molar-refractivity contribution in [3.8, 4) is 5.69 Å². The summed E-state index contributed by atoms with van der Waals surface area (Å²) in [5.41, 5.74) is 1.45. The quantitative estimate of drug-likeness (QED) is 0.925. The van der Waals surface area contributed by atoms with E-state index in [1.807, 2.05) is 0 Å². The molecule has 1 aromatic carbocycles. The first-order valence-corrected chi connectivity index (χ1v) is 6.18. The average molecular weight is 291 g/mol. The van der Waals surface area contributed by atoms with Gasteiger partial charge < -0.3 is 10.0 Å². The number of hydrogen-bond donors (Lipinski definition) is 1. The molecule has 0 aliphatic carbocycles. The van der Waals surface area contributed by atoms with Gasteiger partial charge >= 0.3 is 5.97 Å². The summed E-state index contributed by atoms with van der Waals surface area (Å²) in [5.74, 6) is -1.93. The van der Waals surface area contributed by atoms with Crippen LogP contribution < -0.4 is 0 Å². The second-order valence-electron chi connectivity index (χ2n) is 4.63. The molecule has 0 aliphatic rings. The Hall–Kier alpha value is -2.70. The van der Waals surface area contributed by atoms with Crippen molar-refractivity contribution in [2.24, 2.45) is 0 Å². The van der Waals surface area contributed by atoms with Gasteiger partial charge in [-0.3, -0.25) is 9.59 Å². The molecule has 2 aromatic rings. The minimum atomic E-state index is -1.10. The van der Waals surface area contributed by atoms with Crippen molar-refractivity contribution in [2.75, 3.05) is 13.6 Å². The van der Waals surface area contributed by atoms with Crippen molar-refractivity contribution in [2.45, 2.75) is 6.92 Å². The van der Waals surface area contributed by atoms with E-state index >= 15 is 0 Å². The van der Waals surface area contributed by atoms with Gasteiger partial charge in [0.05, 0.1) is 5.69 Å². The molecular weight excluding hydrogens is 277 g/mol. The molecule has 0 aliphatic heterocycles. The van der Waals surface area contributed by atoms with Crippen LogP contribution in [0.3, 0.4) is 0 Å². The number of carboxylic acid groups (broad SMARTS) is 1. The molecule has 0 spiro atoms. The highest BCUT2D eigenvalue weighted by Crippen LogP contribution is 2.15. The van der Waals surface area contributed by atoms with Gasteiger partial charge in [-0.15, -0.1) is 0 Å². The zero-order chi connectivity index (χ0) is 15.6. The van der Waals surface area contributed by atoms with Crippen LogP contribution in [0.1, 0.15) is 16.1 Å². The van der Waals surface area contributed by atoms with Crippen molar-refractivity contribution in [3.63, 3.8) is 0 Å². The summed E-state index contributed by atoms with van der Waals surface area (Å²) in [6.07, 6.45) is 1.57. The van der Waals surface area contributed by atoms with Crippen molar-refractivity contribution < 1.29 is 19.1 Å². The highest BCUT2D eigenvalue weighted by atomic mass is 19.1. The second kappa shape index (κ2) is 5.74. The average Bonchev–Trinajstić information content (AvgIpc) is 2.86. The molecule has 0 saturated carbocycles. The third-order valence-electron chi connectivity index (χ3n) is 2.93. The third kappa shape index (κ3) is 3.25. The smallest absolute Gasteiger partial charge is 0.323 e. The Balaban J connectivity index is 2.25. The van der Waals surface area contributed by atoms with Gasteiger partial charge in [0, 0.05) is 13.2 Å². The fourth-order valence-electron chi connectivity index (χ4n) is 1.92. The van der Waals surface area contributed by atoms with Crippen LogP contribution in [-0.4, -0.2) is 45.3 Å². The van der Waals surface area contributed by atoms with Crippen molar-refractivity contribution >= 4 is 11.9 Å². The largest absolute Gasteiger partial charge is 0.480 e. The molecule has 2 rings (SSSR count). The van der Waals surface area contributed by atoms with E-state index in [0.29, 0.717) is 11.3 Å². The van der Waals surface area contributed by atoms with Gasteiger partial charge in [-0.25, -0.2) is 9.07 Å². The highest BCUT2D eigenvalue weighted by molar-refractivity contribution is 5.93. The Morgan fingerprint density at radius 2 is 2.10 bits per heavy atom. The first-order valence-electron chi connectivity index (χ1n) is 6.18. The van der Waals surface area contributed by atoms with Crippen LogP contribution in [0.25, 0.3) is 5.69 Å². The van der Waals surface area contributed by atoms with E-state index < -0.39 is 18.4 Å². The second-order valence-corrected chi connectivity index (χ2v) is 4.63. The third-order valence-corrected chi connectivity index (χ3v) is 2.93. The Morgan fingerprint density at radius 3 is 2.71 bits per heavy atom. The topological polar surface area (TPSA) is 75.4 Å². The summed E-state index contributed by atoms with van der Waals surface area (Å²) in [6.45, 7) is 1.33. The number of aromatic nitrogens is 2. The molecule has 1 N–H and O–H groups in total. The lowest BCUT2D eigenvalue weighted by molar-refractivity contribution is -0.137. The van der Waals surface area contributed by atoms with E-state index in [2.05, 4.69) is 5.10 Å². The molecular formula is C14H14FN3O3. The molecule has 21 heavy (non-hydrogen) atoms. The monoisotopic (exact) mass is 291 g/mol. The number of carbonyl (C=O) groups is 2. The summed E-state index contributed by atoms with van der Waals surface area (Å²) in [7, 11) is 1.39. The van der Waals surface area contributed by atoms with E-state index in [4.69, 9.17) is 5.11 Å². The van der Waals surface area contributed by atoms with Crippen LogP contribution in [0.4, 0.5) is 4.39 Å².